The van der Waals surface area contributed by atoms with Crippen LogP contribution >= 0.6 is 27.5 Å². The summed E-state index contributed by atoms with van der Waals surface area (Å²) >= 11 is 9.65. The molecule has 1 aliphatic rings. The van der Waals surface area contributed by atoms with Crippen molar-refractivity contribution in [2.45, 2.75) is 19.4 Å². The summed E-state index contributed by atoms with van der Waals surface area (Å²) in [6, 6.07) is 6.11. The number of rotatable bonds is 3. The Morgan fingerprint density at radius 1 is 1.35 bits per heavy atom. The summed E-state index contributed by atoms with van der Waals surface area (Å²) in [7, 11) is 0. The Morgan fingerprint density at radius 3 is 2.65 bits per heavy atom. The van der Waals surface area contributed by atoms with Gasteiger partial charge in [0.1, 0.15) is 0 Å². The van der Waals surface area contributed by atoms with E-state index in [1.165, 1.54) is 18.4 Å². The lowest BCUT2D eigenvalue weighted by Crippen LogP contribution is -2.35. The average Bonchev–Trinajstić information content (AvgIpc) is 2.34. The first kappa shape index (κ1) is 13.3. The van der Waals surface area contributed by atoms with Gasteiger partial charge >= 0.3 is 0 Å². The van der Waals surface area contributed by atoms with Crippen LogP contribution in [0.25, 0.3) is 0 Å². The maximum absolute atomic E-state index is 6.23. The van der Waals surface area contributed by atoms with Crippen LogP contribution in [0.2, 0.25) is 5.02 Å². The molecule has 17 heavy (non-hydrogen) atoms. The van der Waals surface area contributed by atoms with Crippen molar-refractivity contribution in [1.29, 1.82) is 0 Å². The fourth-order valence-electron chi connectivity index (χ4n) is 2.27. The first-order valence-corrected chi connectivity index (χ1v) is 7.22. The van der Waals surface area contributed by atoms with Crippen molar-refractivity contribution in [3.05, 3.63) is 33.3 Å². The summed E-state index contributed by atoms with van der Waals surface area (Å²) in [4.78, 5) is 2.46. The molecule has 94 valence electrons. The molecule has 0 spiro atoms. The molecule has 2 nitrogen and oxygen atoms in total. The minimum atomic E-state index is 0.714. The lowest BCUT2D eigenvalue weighted by molar-refractivity contribution is 0.180. The van der Waals surface area contributed by atoms with Gasteiger partial charge in [-0.15, -0.1) is 0 Å². The van der Waals surface area contributed by atoms with E-state index >= 15 is 0 Å². The zero-order valence-electron chi connectivity index (χ0n) is 9.83. The molecule has 2 rings (SSSR count). The van der Waals surface area contributed by atoms with Gasteiger partial charge in [0, 0.05) is 16.0 Å². The molecule has 0 aliphatic carbocycles. The van der Waals surface area contributed by atoms with E-state index in [0.717, 1.165) is 35.7 Å². The van der Waals surface area contributed by atoms with Crippen LogP contribution in [0.15, 0.2) is 22.7 Å². The molecule has 4 heteroatoms. The standard InChI is InChI=1S/C13H18BrClN2/c14-12-2-1-11(13(15)7-12)9-17-5-3-10(8-16)4-6-17/h1-2,7,10H,3-6,8-9,16H2. The Labute approximate surface area is 116 Å². The topological polar surface area (TPSA) is 29.3 Å². The van der Waals surface area contributed by atoms with Crippen LogP contribution in [-0.4, -0.2) is 24.5 Å². The third kappa shape index (κ3) is 3.68. The lowest BCUT2D eigenvalue weighted by atomic mass is 9.97. The van der Waals surface area contributed by atoms with Gasteiger partial charge in [0.15, 0.2) is 0 Å². The van der Waals surface area contributed by atoms with Crippen LogP contribution in [0, 0.1) is 5.92 Å². The fraction of sp³-hybridized carbons (Fsp3) is 0.538. The molecule has 0 aromatic heterocycles. The van der Waals surface area contributed by atoms with E-state index in [9.17, 15) is 0 Å². The summed E-state index contributed by atoms with van der Waals surface area (Å²) in [6.07, 6.45) is 2.43. The van der Waals surface area contributed by atoms with E-state index < -0.39 is 0 Å². The molecule has 0 radical (unpaired) electrons. The summed E-state index contributed by atoms with van der Waals surface area (Å²) in [5.41, 5.74) is 6.91. The number of piperidine rings is 1. The number of likely N-dealkylation sites (tertiary alicyclic amines) is 1. The zero-order chi connectivity index (χ0) is 12.3. The summed E-state index contributed by atoms with van der Waals surface area (Å²) in [5.74, 6) is 0.714. The summed E-state index contributed by atoms with van der Waals surface area (Å²) < 4.78 is 1.04. The number of benzene rings is 1. The third-order valence-corrected chi connectivity index (χ3v) is 4.29. The van der Waals surface area contributed by atoms with Crippen molar-refractivity contribution in [1.82, 2.24) is 4.90 Å². The molecule has 0 amide bonds. The van der Waals surface area contributed by atoms with E-state index in [2.05, 4.69) is 26.9 Å². The molecule has 0 bridgehead atoms. The highest BCUT2D eigenvalue weighted by atomic mass is 79.9. The number of halogens is 2. The van der Waals surface area contributed by atoms with Crippen LogP contribution in [0.3, 0.4) is 0 Å². The molecule has 1 aromatic rings. The van der Waals surface area contributed by atoms with E-state index in [1.54, 1.807) is 0 Å². The molecular formula is C13H18BrClN2. The Hall–Kier alpha value is -0.0900. The Balaban J connectivity index is 1.93. The molecule has 0 saturated carbocycles. The first-order valence-electron chi connectivity index (χ1n) is 6.05. The van der Waals surface area contributed by atoms with Gasteiger partial charge in [0.25, 0.3) is 0 Å². The number of nitrogens with two attached hydrogens (primary N) is 1. The predicted molar refractivity (Wildman–Crippen MR) is 76.2 cm³/mol. The van der Waals surface area contributed by atoms with Crippen LogP contribution in [0.4, 0.5) is 0 Å². The van der Waals surface area contributed by atoms with Gasteiger partial charge < -0.3 is 5.73 Å². The normalized spacial score (nSPS) is 18.5. The van der Waals surface area contributed by atoms with Crippen LogP contribution in [-0.2, 0) is 6.54 Å². The summed E-state index contributed by atoms with van der Waals surface area (Å²) in [6.45, 7) is 4.04. The smallest absolute Gasteiger partial charge is 0.0462 e. The van der Waals surface area contributed by atoms with Crippen LogP contribution in [0.1, 0.15) is 18.4 Å². The van der Waals surface area contributed by atoms with Gasteiger partial charge in [0.05, 0.1) is 0 Å². The van der Waals surface area contributed by atoms with Gasteiger partial charge in [-0.05, 0) is 56.1 Å². The van der Waals surface area contributed by atoms with Crippen molar-refractivity contribution in [3.8, 4) is 0 Å². The van der Waals surface area contributed by atoms with Crippen LogP contribution in [0.5, 0.6) is 0 Å². The minimum Gasteiger partial charge on any atom is -0.330 e. The van der Waals surface area contributed by atoms with Gasteiger partial charge in [-0.2, -0.15) is 0 Å². The second kappa shape index (κ2) is 6.19. The molecule has 1 heterocycles. The quantitative estimate of drug-likeness (QED) is 0.927. The predicted octanol–water partition coefficient (Wildman–Crippen LogP) is 3.27. The average molecular weight is 318 g/mol. The highest BCUT2D eigenvalue weighted by molar-refractivity contribution is 9.10. The maximum Gasteiger partial charge on any atom is 0.0462 e. The van der Waals surface area contributed by atoms with Crippen molar-refractivity contribution >= 4 is 27.5 Å². The van der Waals surface area contributed by atoms with Gasteiger partial charge in [-0.25, -0.2) is 0 Å². The second-order valence-corrected chi connectivity index (χ2v) is 6.01. The molecule has 2 N–H and O–H groups in total. The van der Waals surface area contributed by atoms with Crippen molar-refractivity contribution in [2.24, 2.45) is 11.7 Å². The highest BCUT2D eigenvalue weighted by Crippen LogP contribution is 2.24. The van der Waals surface area contributed by atoms with E-state index in [1.807, 2.05) is 12.1 Å². The van der Waals surface area contributed by atoms with E-state index in [-0.39, 0.29) is 0 Å². The largest absolute Gasteiger partial charge is 0.330 e. The molecule has 0 unspecified atom stereocenters. The van der Waals surface area contributed by atoms with Gasteiger partial charge in [-0.1, -0.05) is 33.6 Å². The molecule has 1 aromatic carbocycles. The van der Waals surface area contributed by atoms with Crippen molar-refractivity contribution in [3.63, 3.8) is 0 Å². The minimum absolute atomic E-state index is 0.714. The van der Waals surface area contributed by atoms with E-state index in [0.29, 0.717) is 5.92 Å². The van der Waals surface area contributed by atoms with E-state index in [4.69, 9.17) is 17.3 Å². The number of nitrogens with zero attached hydrogens (tertiary/aromatic N) is 1. The maximum atomic E-state index is 6.23. The highest BCUT2D eigenvalue weighted by Gasteiger charge is 2.18. The summed E-state index contributed by atoms with van der Waals surface area (Å²) in [5, 5.41) is 0.848. The second-order valence-electron chi connectivity index (χ2n) is 4.69. The Bertz CT molecular complexity index is 376. The van der Waals surface area contributed by atoms with Gasteiger partial charge in [-0.3, -0.25) is 4.90 Å². The monoisotopic (exact) mass is 316 g/mol. The fourth-order valence-corrected chi connectivity index (χ4v) is 3.00. The molecule has 1 saturated heterocycles. The van der Waals surface area contributed by atoms with Gasteiger partial charge in [0.2, 0.25) is 0 Å². The van der Waals surface area contributed by atoms with Crippen LogP contribution < -0.4 is 5.73 Å². The molecular weight excluding hydrogens is 300 g/mol. The zero-order valence-corrected chi connectivity index (χ0v) is 12.2. The lowest BCUT2D eigenvalue weighted by Gasteiger charge is -2.31. The molecule has 1 fully saturated rings. The first-order chi connectivity index (χ1) is 8.19. The SMILES string of the molecule is NCC1CCN(Cc2ccc(Br)cc2Cl)CC1. The molecule has 1 aliphatic heterocycles. The third-order valence-electron chi connectivity index (χ3n) is 3.45. The van der Waals surface area contributed by atoms with Crippen molar-refractivity contribution < 1.29 is 0 Å². The Kier molecular flexibility index (Phi) is 4.86. The molecule has 0 atom stereocenters. The number of hydrogen-bond donors (Lipinski definition) is 1. The Morgan fingerprint density at radius 2 is 2.06 bits per heavy atom. The number of hydrogen-bond acceptors (Lipinski definition) is 2. The van der Waals surface area contributed by atoms with Crippen molar-refractivity contribution in [2.75, 3.05) is 19.6 Å².